The smallest absolute Gasteiger partial charge is 0.277 e. The Morgan fingerprint density at radius 3 is 2.62 bits per heavy atom. The summed E-state index contributed by atoms with van der Waals surface area (Å²) in [5.41, 5.74) is 6.91. The molecule has 29 heavy (non-hydrogen) atoms. The van der Waals surface area contributed by atoms with Gasteiger partial charge in [-0.25, -0.2) is 0 Å². The molecule has 0 unspecified atom stereocenters. The largest absolute Gasteiger partial charge is 0.454 e. The molecule has 2 N–H and O–H groups in total. The molecule has 2 aliphatic heterocycles. The predicted octanol–water partition coefficient (Wildman–Crippen LogP) is 3.69. The number of nitrogens with two attached hydrogens (primary N) is 1. The van der Waals surface area contributed by atoms with Crippen molar-refractivity contribution in [1.82, 2.24) is 0 Å². The Morgan fingerprint density at radius 2 is 1.86 bits per heavy atom. The number of nitro benzene ring substituents is 1. The summed E-state index contributed by atoms with van der Waals surface area (Å²) < 4.78 is 16.5. The lowest BCUT2D eigenvalue weighted by molar-refractivity contribution is -0.385. The van der Waals surface area contributed by atoms with Crippen molar-refractivity contribution in [3.63, 3.8) is 0 Å². The third kappa shape index (κ3) is 2.45. The van der Waals surface area contributed by atoms with Crippen molar-refractivity contribution >= 4 is 16.5 Å². The van der Waals surface area contributed by atoms with Crippen molar-refractivity contribution < 1.29 is 19.1 Å². The number of allylic oxidation sites excluding steroid dienone is 1. The molecule has 0 aliphatic carbocycles. The SMILES string of the molecule is N#CC1=C(N)Oc2c(ccc3ccccc23)[C@@H]1c1cc2c(cc1[N+](=O)[O-])OCO2. The van der Waals surface area contributed by atoms with Crippen LogP contribution in [0.3, 0.4) is 0 Å². The second-order valence-corrected chi connectivity index (χ2v) is 6.65. The molecule has 8 nitrogen and oxygen atoms in total. The summed E-state index contributed by atoms with van der Waals surface area (Å²) in [4.78, 5) is 11.3. The summed E-state index contributed by atoms with van der Waals surface area (Å²) in [5, 5.41) is 23.3. The summed E-state index contributed by atoms with van der Waals surface area (Å²) >= 11 is 0. The van der Waals surface area contributed by atoms with Crippen LogP contribution in [-0.4, -0.2) is 11.7 Å². The summed E-state index contributed by atoms with van der Waals surface area (Å²) in [6, 6.07) is 16.2. The van der Waals surface area contributed by atoms with E-state index < -0.39 is 10.8 Å². The first-order valence-corrected chi connectivity index (χ1v) is 8.75. The number of hydrogen-bond acceptors (Lipinski definition) is 7. The molecule has 2 heterocycles. The molecule has 8 heteroatoms. The number of fused-ring (bicyclic) bond motifs is 4. The Balaban J connectivity index is 1.83. The van der Waals surface area contributed by atoms with Crippen LogP contribution in [0.5, 0.6) is 17.2 Å². The van der Waals surface area contributed by atoms with Gasteiger partial charge in [-0.1, -0.05) is 36.4 Å². The van der Waals surface area contributed by atoms with E-state index in [0.29, 0.717) is 28.4 Å². The van der Waals surface area contributed by atoms with Gasteiger partial charge >= 0.3 is 0 Å². The maximum absolute atomic E-state index is 11.8. The molecule has 1 atom stereocenters. The van der Waals surface area contributed by atoms with Crippen LogP contribution < -0.4 is 19.9 Å². The molecule has 0 radical (unpaired) electrons. The van der Waals surface area contributed by atoms with Crippen molar-refractivity contribution in [3.05, 3.63) is 81.2 Å². The predicted molar refractivity (Wildman–Crippen MR) is 102 cm³/mol. The lowest BCUT2D eigenvalue weighted by atomic mass is 9.81. The van der Waals surface area contributed by atoms with E-state index in [1.54, 1.807) is 12.1 Å². The molecule has 0 fully saturated rings. The molecule has 0 bridgehead atoms. The molecule has 0 spiro atoms. The highest BCUT2D eigenvalue weighted by atomic mass is 16.7. The first-order chi connectivity index (χ1) is 14.1. The van der Waals surface area contributed by atoms with E-state index in [2.05, 4.69) is 6.07 Å². The standard InChI is InChI=1S/C21H13N3O5/c22-9-15-19(14-7-17-18(28-10-27-17)8-16(14)24(25)26)13-6-5-11-3-1-2-4-12(11)20(13)29-21(15)23/h1-8,19H,10,23H2/t19-/m1/s1. The highest BCUT2D eigenvalue weighted by Crippen LogP contribution is 2.50. The van der Waals surface area contributed by atoms with Crippen LogP contribution >= 0.6 is 0 Å². The zero-order chi connectivity index (χ0) is 20.1. The normalized spacial score (nSPS) is 16.9. The molecule has 5 rings (SSSR count). The molecule has 142 valence electrons. The highest BCUT2D eigenvalue weighted by Gasteiger charge is 2.37. The van der Waals surface area contributed by atoms with E-state index in [-0.39, 0.29) is 23.9 Å². The van der Waals surface area contributed by atoms with Gasteiger partial charge in [-0.05, 0) is 11.5 Å². The Kier molecular flexibility index (Phi) is 3.57. The average Bonchev–Trinajstić information content (AvgIpc) is 3.19. The lowest BCUT2D eigenvalue weighted by Gasteiger charge is -2.27. The van der Waals surface area contributed by atoms with Gasteiger partial charge in [0.25, 0.3) is 5.69 Å². The Morgan fingerprint density at radius 1 is 1.10 bits per heavy atom. The molecule has 0 aromatic heterocycles. The third-order valence-corrected chi connectivity index (χ3v) is 5.14. The van der Waals surface area contributed by atoms with E-state index in [4.69, 9.17) is 19.9 Å². The minimum Gasteiger partial charge on any atom is -0.454 e. The number of nitriles is 1. The second-order valence-electron chi connectivity index (χ2n) is 6.65. The molecule has 2 aliphatic rings. The van der Waals surface area contributed by atoms with Gasteiger partial charge in [-0.3, -0.25) is 10.1 Å². The van der Waals surface area contributed by atoms with Crippen molar-refractivity contribution in [2.75, 3.05) is 6.79 Å². The molecule has 0 saturated heterocycles. The maximum atomic E-state index is 11.8. The van der Waals surface area contributed by atoms with Crippen LogP contribution in [0.4, 0.5) is 5.69 Å². The van der Waals surface area contributed by atoms with Crippen molar-refractivity contribution in [2.24, 2.45) is 5.73 Å². The molecular formula is C21H13N3O5. The number of nitro groups is 1. The lowest BCUT2D eigenvalue weighted by Crippen LogP contribution is -2.21. The molecule has 3 aromatic carbocycles. The van der Waals surface area contributed by atoms with Gasteiger partial charge in [0.2, 0.25) is 12.7 Å². The number of ether oxygens (including phenoxy) is 3. The van der Waals surface area contributed by atoms with Gasteiger partial charge in [0, 0.05) is 16.5 Å². The second kappa shape index (κ2) is 6.14. The molecule has 0 amide bonds. The fraction of sp³-hybridized carbons (Fsp3) is 0.0952. The average molecular weight is 387 g/mol. The number of hydrogen-bond donors (Lipinski definition) is 1. The van der Waals surface area contributed by atoms with E-state index in [0.717, 1.165) is 10.8 Å². The van der Waals surface area contributed by atoms with Crippen LogP contribution in [0.2, 0.25) is 0 Å². The van der Waals surface area contributed by atoms with Gasteiger partial charge in [-0.2, -0.15) is 5.26 Å². The number of benzene rings is 3. The van der Waals surface area contributed by atoms with Gasteiger partial charge in [-0.15, -0.1) is 0 Å². The van der Waals surface area contributed by atoms with Gasteiger partial charge < -0.3 is 19.9 Å². The van der Waals surface area contributed by atoms with Gasteiger partial charge in [0.15, 0.2) is 11.5 Å². The molecule has 3 aromatic rings. The van der Waals surface area contributed by atoms with Crippen LogP contribution in [0.25, 0.3) is 10.8 Å². The summed E-state index contributed by atoms with van der Waals surface area (Å²) in [5.74, 6) is 0.310. The zero-order valence-corrected chi connectivity index (χ0v) is 14.9. The Labute approximate surface area is 164 Å². The van der Waals surface area contributed by atoms with Crippen LogP contribution in [0.15, 0.2) is 60.0 Å². The van der Waals surface area contributed by atoms with Gasteiger partial charge in [0.05, 0.1) is 16.9 Å². The van der Waals surface area contributed by atoms with Crippen LogP contribution in [0.1, 0.15) is 17.0 Å². The molecule has 0 saturated carbocycles. The summed E-state index contributed by atoms with van der Waals surface area (Å²) in [7, 11) is 0. The molecular weight excluding hydrogens is 374 g/mol. The van der Waals surface area contributed by atoms with Crippen LogP contribution in [0, 0.1) is 21.4 Å². The Hall–Kier alpha value is -4.25. The topological polar surface area (TPSA) is 121 Å². The van der Waals surface area contributed by atoms with Gasteiger partial charge in [0.1, 0.15) is 17.4 Å². The minimum absolute atomic E-state index is 0.0198. The van der Waals surface area contributed by atoms with E-state index in [9.17, 15) is 15.4 Å². The fourth-order valence-corrected chi connectivity index (χ4v) is 3.84. The van der Waals surface area contributed by atoms with E-state index in [1.165, 1.54) is 6.07 Å². The summed E-state index contributed by atoms with van der Waals surface area (Å²) in [6.45, 7) is -0.0198. The van der Waals surface area contributed by atoms with E-state index in [1.807, 2.05) is 30.3 Å². The number of rotatable bonds is 2. The van der Waals surface area contributed by atoms with Crippen molar-refractivity contribution in [3.8, 4) is 23.3 Å². The number of nitrogens with zero attached hydrogens (tertiary/aromatic N) is 2. The van der Waals surface area contributed by atoms with Crippen molar-refractivity contribution in [1.29, 1.82) is 5.26 Å². The Bertz CT molecular complexity index is 1280. The fourth-order valence-electron chi connectivity index (χ4n) is 3.84. The first kappa shape index (κ1) is 16.9. The minimum atomic E-state index is -0.775. The summed E-state index contributed by atoms with van der Waals surface area (Å²) in [6.07, 6.45) is 0. The first-order valence-electron chi connectivity index (χ1n) is 8.75. The monoisotopic (exact) mass is 387 g/mol. The van der Waals surface area contributed by atoms with Crippen LogP contribution in [-0.2, 0) is 0 Å². The third-order valence-electron chi connectivity index (χ3n) is 5.14. The quantitative estimate of drug-likeness (QED) is 0.526. The van der Waals surface area contributed by atoms with Crippen molar-refractivity contribution in [2.45, 2.75) is 5.92 Å². The maximum Gasteiger partial charge on any atom is 0.277 e. The zero-order valence-electron chi connectivity index (χ0n) is 14.9. The van der Waals surface area contributed by atoms with E-state index >= 15 is 0 Å². The highest BCUT2D eigenvalue weighted by molar-refractivity contribution is 5.91.